The van der Waals surface area contributed by atoms with Crippen LogP contribution in [0.15, 0.2) is 24.3 Å². The zero-order chi connectivity index (χ0) is 14.0. The molecule has 2 aromatic rings. The van der Waals surface area contributed by atoms with Crippen LogP contribution < -0.4 is 10.6 Å². The van der Waals surface area contributed by atoms with Gasteiger partial charge in [-0.25, -0.2) is 4.68 Å². The van der Waals surface area contributed by atoms with Gasteiger partial charge in [-0.3, -0.25) is 0 Å². The van der Waals surface area contributed by atoms with Crippen molar-refractivity contribution in [1.29, 1.82) is 5.26 Å². The molecule has 0 aliphatic rings. The molecule has 0 unspecified atom stereocenters. The third kappa shape index (κ3) is 2.64. The predicted octanol–water partition coefficient (Wildman–Crippen LogP) is 2.10. The summed E-state index contributed by atoms with van der Waals surface area (Å²) < 4.78 is 1.61. The lowest BCUT2D eigenvalue weighted by Crippen LogP contribution is -2.11. The Morgan fingerprint density at radius 3 is 2.74 bits per heavy atom. The molecule has 0 saturated heterocycles. The van der Waals surface area contributed by atoms with E-state index < -0.39 is 0 Å². The van der Waals surface area contributed by atoms with Crippen LogP contribution in [0.5, 0.6) is 0 Å². The van der Waals surface area contributed by atoms with Crippen LogP contribution in [0.3, 0.4) is 0 Å². The zero-order valence-corrected chi connectivity index (χ0v) is 11.5. The summed E-state index contributed by atoms with van der Waals surface area (Å²) in [5.41, 5.74) is 7.33. The van der Waals surface area contributed by atoms with Crippen LogP contribution in [0.1, 0.15) is 11.1 Å². The Bertz CT molecular complexity index is 639. The van der Waals surface area contributed by atoms with Crippen LogP contribution in [-0.4, -0.2) is 23.9 Å². The van der Waals surface area contributed by atoms with Crippen molar-refractivity contribution in [3.05, 3.63) is 40.4 Å². The Morgan fingerprint density at radius 2 is 2.21 bits per heavy atom. The second-order valence-corrected chi connectivity index (χ2v) is 4.81. The van der Waals surface area contributed by atoms with E-state index >= 15 is 0 Å². The van der Waals surface area contributed by atoms with Gasteiger partial charge in [-0.15, -0.1) is 0 Å². The van der Waals surface area contributed by atoms with Gasteiger partial charge < -0.3 is 10.6 Å². The lowest BCUT2D eigenvalue weighted by molar-refractivity contribution is 0.694. The lowest BCUT2D eigenvalue weighted by atomic mass is 10.2. The summed E-state index contributed by atoms with van der Waals surface area (Å²) in [6, 6.07) is 9.56. The van der Waals surface area contributed by atoms with Gasteiger partial charge in [-0.1, -0.05) is 23.7 Å². The summed E-state index contributed by atoms with van der Waals surface area (Å²) in [4.78, 5) is 1.77. The van der Waals surface area contributed by atoms with Crippen LogP contribution >= 0.6 is 11.6 Å². The molecular formula is C13H14ClN5. The van der Waals surface area contributed by atoms with Crippen LogP contribution in [-0.2, 0) is 6.54 Å². The first kappa shape index (κ1) is 13.2. The highest BCUT2D eigenvalue weighted by molar-refractivity contribution is 6.30. The van der Waals surface area contributed by atoms with E-state index in [0.717, 1.165) is 5.56 Å². The van der Waals surface area contributed by atoms with Gasteiger partial charge in [-0.2, -0.15) is 10.4 Å². The first-order valence-electron chi connectivity index (χ1n) is 5.71. The average molecular weight is 276 g/mol. The second-order valence-electron chi connectivity index (χ2n) is 4.38. The average Bonchev–Trinajstić information content (AvgIpc) is 2.66. The monoisotopic (exact) mass is 275 g/mol. The standard InChI is InChI=1S/C13H14ClN5/c1-18(2)13-11(7-15)12(16)19(17-13)8-9-4-3-5-10(14)6-9/h3-6H,8,16H2,1-2H3. The van der Waals surface area contributed by atoms with Crippen molar-refractivity contribution in [2.75, 3.05) is 24.7 Å². The summed E-state index contributed by atoms with van der Waals surface area (Å²) in [5.74, 6) is 0.938. The van der Waals surface area contributed by atoms with Gasteiger partial charge >= 0.3 is 0 Å². The molecule has 0 fully saturated rings. The normalized spacial score (nSPS) is 10.2. The minimum atomic E-state index is 0.367. The Balaban J connectivity index is 2.39. The summed E-state index contributed by atoms with van der Waals surface area (Å²) >= 11 is 5.94. The molecule has 0 amide bonds. The first-order chi connectivity index (χ1) is 9.02. The molecule has 0 spiro atoms. The van der Waals surface area contributed by atoms with Crippen molar-refractivity contribution in [1.82, 2.24) is 9.78 Å². The molecule has 1 aromatic heterocycles. The zero-order valence-electron chi connectivity index (χ0n) is 10.8. The van der Waals surface area contributed by atoms with Crippen LogP contribution in [0.25, 0.3) is 0 Å². The highest BCUT2D eigenvalue weighted by Gasteiger charge is 2.16. The molecule has 1 aromatic carbocycles. The van der Waals surface area contributed by atoms with Gasteiger partial charge in [0.1, 0.15) is 17.5 Å². The number of rotatable bonds is 3. The van der Waals surface area contributed by atoms with Gasteiger partial charge in [0.15, 0.2) is 5.82 Å². The van der Waals surface area contributed by atoms with Crippen molar-refractivity contribution in [3.8, 4) is 6.07 Å². The molecule has 0 saturated carbocycles. The van der Waals surface area contributed by atoms with Crippen molar-refractivity contribution in [3.63, 3.8) is 0 Å². The van der Waals surface area contributed by atoms with E-state index in [1.54, 1.807) is 9.58 Å². The fourth-order valence-electron chi connectivity index (χ4n) is 1.81. The largest absolute Gasteiger partial charge is 0.383 e. The van der Waals surface area contributed by atoms with Crippen molar-refractivity contribution in [2.24, 2.45) is 0 Å². The second kappa shape index (κ2) is 5.21. The topological polar surface area (TPSA) is 70.9 Å². The SMILES string of the molecule is CN(C)c1nn(Cc2cccc(Cl)c2)c(N)c1C#N. The maximum atomic E-state index is 9.14. The molecule has 2 N–H and O–H groups in total. The molecule has 0 radical (unpaired) electrons. The Hall–Kier alpha value is -2.19. The maximum absolute atomic E-state index is 9.14. The maximum Gasteiger partial charge on any atom is 0.170 e. The van der Waals surface area contributed by atoms with E-state index in [4.69, 9.17) is 22.6 Å². The first-order valence-corrected chi connectivity index (χ1v) is 6.09. The molecular weight excluding hydrogens is 262 g/mol. The van der Waals surface area contributed by atoms with Gasteiger partial charge in [0, 0.05) is 19.1 Å². The van der Waals surface area contributed by atoms with Gasteiger partial charge in [-0.05, 0) is 17.7 Å². The smallest absolute Gasteiger partial charge is 0.170 e. The highest BCUT2D eigenvalue weighted by Crippen LogP contribution is 2.23. The molecule has 0 bridgehead atoms. The predicted molar refractivity (Wildman–Crippen MR) is 76.2 cm³/mol. The molecule has 0 atom stereocenters. The molecule has 5 nitrogen and oxygen atoms in total. The third-order valence-electron chi connectivity index (χ3n) is 2.73. The summed E-state index contributed by atoms with van der Waals surface area (Å²) in [7, 11) is 3.65. The Kier molecular flexibility index (Phi) is 3.63. The molecule has 6 heteroatoms. The molecule has 2 rings (SSSR count). The van der Waals surface area contributed by atoms with Crippen molar-refractivity contribution in [2.45, 2.75) is 6.54 Å². The van der Waals surface area contributed by atoms with Crippen LogP contribution in [0, 0.1) is 11.3 Å². The number of anilines is 2. The van der Waals surface area contributed by atoms with Crippen LogP contribution in [0.4, 0.5) is 11.6 Å². The number of nitrogens with zero attached hydrogens (tertiary/aromatic N) is 4. The number of benzene rings is 1. The molecule has 1 heterocycles. The van der Waals surface area contributed by atoms with E-state index in [0.29, 0.717) is 28.8 Å². The fraction of sp³-hybridized carbons (Fsp3) is 0.231. The van der Waals surface area contributed by atoms with Crippen molar-refractivity contribution < 1.29 is 0 Å². The van der Waals surface area contributed by atoms with Gasteiger partial charge in [0.05, 0.1) is 6.54 Å². The fourth-order valence-corrected chi connectivity index (χ4v) is 2.02. The number of hydrogen-bond donors (Lipinski definition) is 1. The third-order valence-corrected chi connectivity index (χ3v) is 2.97. The van der Waals surface area contributed by atoms with E-state index in [1.807, 2.05) is 38.4 Å². The van der Waals surface area contributed by atoms with E-state index in [1.165, 1.54) is 0 Å². The number of aromatic nitrogens is 2. The Labute approximate surface area is 116 Å². The molecule has 98 valence electrons. The molecule has 19 heavy (non-hydrogen) atoms. The molecule has 0 aliphatic carbocycles. The van der Waals surface area contributed by atoms with E-state index in [2.05, 4.69) is 11.2 Å². The molecule has 0 aliphatic heterocycles. The number of nitrogens with two attached hydrogens (primary N) is 1. The van der Waals surface area contributed by atoms with Gasteiger partial charge in [0.2, 0.25) is 0 Å². The summed E-state index contributed by atoms with van der Waals surface area (Å²) in [5, 5.41) is 14.2. The Morgan fingerprint density at radius 1 is 1.47 bits per heavy atom. The number of hydrogen-bond acceptors (Lipinski definition) is 4. The number of nitrogen functional groups attached to an aromatic ring is 1. The quantitative estimate of drug-likeness (QED) is 0.931. The van der Waals surface area contributed by atoms with Crippen molar-refractivity contribution >= 4 is 23.2 Å². The summed E-state index contributed by atoms with van der Waals surface area (Å²) in [6.45, 7) is 0.481. The number of nitriles is 1. The van der Waals surface area contributed by atoms with E-state index in [9.17, 15) is 0 Å². The minimum absolute atomic E-state index is 0.367. The van der Waals surface area contributed by atoms with E-state index in [-0.39, 0.29) is 0 Å². The highest BCUT2D eigenvalue weighted by atomic mass is 35.5. The lowest BCUT2D eigenvalue weighted by Gasteiger charge is -2.07. The van der Waals surface area contributed by atoms with Crippen LogP contribution in [0.2, 0.25) is 5.02 Å². The minimum Gasteiger partial charge on any atom is -0.383 e. The van der Waals surface area contributed by atoms with Gasteiger partial charge in [0.25, 0.3) is 0 Å². The summed E-state index contributed by atoms with van der Waals surface area (Å²) in [6.07, 6.45) is 0. The number of halogens is 1.